The van der Waals surface area contributed by atoms with Gasteiger partial charge in [0.2, 0.25) is 35.4 Å². The Balaban J connectivity index is 1.22. The van der Waals surface area contributed by atoms with Gasteiger partial charge in [0.25, 0.3) is 5.91 Å². The molecular formula is C62H83N9O17. The van der Waals surface area contributed by atoms with Crippen LogP contribution in [0.4, 0.5) is 0 Å². The number of aliphatic hydroxyl groups is 7. The summed E-state index contributed by atoms with van der Waals surface area (Å²) in [5.41, 5.74) is 9.09. The van der Waals surface area contributed by atoms with Crippen molar-refractivity contribution in [1.82, 2.24) is 41.7 Å². The molecule has 3 saturated heterocycles. The Kier molecular flexibility index (Phi) is 24.3. The summed E-state index contributed by atoms with van der Waals surface area (Å²) in [6, 6.07) is 15.1. The summed E-state index contributed by atoms with van der Waals surface area (Å²) in [5.74, 6) is -8.35. The van der Waals surface area contributed by atoms with Gasteiger partial charge in [0.05, 0.1) is 37.6 Å². The number of nitrogens with one attached hydrogen (secondary N) is 6. The van der Waals surface area contributed by atoms with Crippen molar-refractivity contribution in [3.05, 3.63) is 108 Å². The van der Waals surface area contributed by atoms with Gasteiger partial charge in [-0.2, -0.15) is 0 Å². The number of aromatic hydroxyl groups is 1. The zero-order valence-corrected chi connectivity index (χ0v) is 49.6. The molecule has 0 aliphatic carbocycles. The third kappa shape index (κ3) is 17.2. The number of phenolic OH excluding ortho intramolecular Hbond substituents is 1. The van der Waals surface area contributed by atoms with Gasteiger partial charge >= 0.3 is 0 Å². The van der Waals surface area contributed by atoms with Crippen LogP contribution in [0.3, 0.4) is 0 Å². The maximum atomic E-state index is 14.8. The summed E-state index contributed by atoms with van der Waals surface area (Å²) in [6.07, 6.45) is -12.8. The van der Waals surface area contributed by atoms with E-state index in [1.165, 1.54) is 43.3 Å². The number of phenols is 1. The van der Waals surface area contributed by atoms with Crippen molar-refractivity contribution in [3.63, 3.8) is 0 Å². The zero-order valence-electron chi connectivity index (χ0n) is 49.6. The number of carbonyl (C=O) groups is 7. The predicted molar refractivity (Wildman–Crippen MR) is 319 cm³/mol. The zero-order chi connectivity index (χ0) is 63.9. The fourth-order valence-electron chi connectivity index (χ4n) is 10.8. The minimum absolute atomic E-state index is 0.0359. The summed E-state index contributed by atoms with van der Waals surface area (Å²) < 4.78 is 11.9. The van der Waals surface area contributed by atoms with Gasteiger partial charge in [0.15, 0.2) is 6.23 Å². The number of aliphatic hydroxyl groups excluding tert-OH is 7. The maximum absolute atomic E-state index is 14.8. The normalized spacial score (nSPS) is 26.5. The molecular weight excluding hydrogens is 1140 g/mol. The number of unbranched alkanes of at least 4 members (excludes halogenated alkanes) is 2. The number of amides is 7. The Morgan fingerprint density at radius 3 is 1.80 bits per heavy atom. The number of carbonyl (C=O) groups excluding carboxylic acids is 7. The Hall–Kier alpha value is -7.63. The first-order chi connectivity index (χ1) is 42.0. The first-order valence-corrected chi connectivity index (χ1v) is 29.7. The molecule has 3 aliphatic rings. The minimum atomic E-state index is -2.29. The summed E-state index contributed by atoms with van der Waals surface area (Å²) in [5, 5.41) is 105. The third-order valence-corrected chi connectivity index (χ3v) is 15.9. The molecule has 3 fully saturated rings. The fraction of sp³-hybridized carbons (Fsp3) is 0.500. The Bertz CT molecular complexity index is 2990. The molecule has 4 aromatic rings. The summed E-state index contributed by atoms with van der Waals surface area (Å²) in [6.45, 7) is 6.05. The molecule has 26 nitrogen and oxygen atoms in total. The number of rotatable bonds is 20. The molecule has 7 amide bonds. The van der Waals surface area contributed by atoms with E-state index < -0.39 is 152 Å². The quantitative estimate of drug-likeness (QED) is 0.0455. The first kappa shape index (κ1) is 67.9. The van der Waals surface area contributed by atoms with E-state index in [0.717, 1.165) is 70.9 Å². The second kappa shape index (κ2) is 31.5. The number of nitrogens with zero attached hydrogens (tertiary/aromatic N) is 2. The first-order valence-electron chi connectivity index (χ1n) is 29.7. The van der Waals surface area contributed by atoms with Crippen LogP contribution in [0.2, 0.25) is 0 Å². The van der Waals surface area contributed by atoms with Crippen LogP contribution in [0.25, 0.3) is 22.3 Å². The molecule has 15 atom stereocenters. The molecule has 478 valence electrons. The van der Waals surface area contributed by atoms with E-state index in [4.69, 9.17) is 15.2 Å². The van der Waals surface area contributed by atoms with Crippen LogP contribution in [-0.4, -0.2) is 217 Å². The van der Waals surface area contributed by atoms with E-state index in [1.54, 1.807) is 12.1 Å². The third-order valence-electron chi connectivity index (χ3n) is 15.9. The molecule has 7 unspecified atom stereocenters. The van der Waals surface area contributed by atoms with Crippen molar-refractivity contribution in [2.75, 3.05) is 45.9 Å². The molecule has 3 aliphatic heterocycles. The molecule has 4 aromatic carbocycles. The van der Waals surface area contributed by atoms with Crippen molar-refractivity contribution in [1.29, 1.82) is 0 Å². The fourth-order valence-corrected chi connectivity index (χ4v) is 10.8. The van der Waals surface area contributed by atoms with Crippen molar-refractivity contribution in [2.45, 2.75) is 145 Å². The van der Waals surface area contributed by atoms with Gasteiger partial charge in [-0.25, -0.2) is 0 Å². The number of nitrogens with two attached hydrogens (primary N) is 1. The van der Waals surface area contributed by atoms with Crippen molar-refractivity contribution in [3.8, 4) is 33.8 Å². The highest BCUT2D eigenvalue weighted by Crippen LogP contribution is 2.30. The van der Waals surface area contributed by atoms with Crippen molar-refractivity contribution >= 4 is 41.4 Å². The van der Waals surface area contributed by atoms with Crippen LogP contribution in [0.1, 0.15) is 81.8 Å². The Labute approximate surface area is 509 Å². The molecule has 0 bridgehead atoms. The second-order valence-corrected chi connectivity index (χ2v) is 22.7. The number of hydrogen-bond donors (Lipinski definition) is 15. The van der Waals surface area contributed by atoms with Gasteiger partial charge in [-0.05, 0) is 84.5 Å². The van der Waals surface area contributed by atoms with E-state index in [2.05, 4.69) is 38.8 Å². The van der Waals surface area contributed by atoms with E-state index in [-0.39, 0.29) is 43.1 Å². The average molecular weight is 1230 g/mol. The van der Waals surface area contributed by atoms with Crippen LogP contribution in [0, 0.1) is 5.92 Å². The lowest BCUT2D eigenvalue weighted by Crippen LogP contribution is -2.64. The molecule has 0 spiro atoms. The molecule has 7 rings (SSSR count). The molecule has 88 heavy (non-hydrogen) atoms. The van der Waals surface area contributed by atoms with Crippen LogP contribution in [-0.2, 0) is 33.5 Å². The van der Waals surface area contributed by atoms with Crippen molar-refractivity contribution < 1.29 is 83.9 Å². The topological polar surface area (TPSA) is 404 Å². The Morgan fingerprint density at radius 1 is 0.659 bits per heavy atom. The second-order valence-electron chi connectivity index (χ2n) is 22.7. The van der Waals surface area contributed by atoms with Gasteiger partial charge in [-0.1, -0.05) is 87.4 Å². The lowest BCUT2D eigenvalue weighted by molar-refractivity contribution is -0.149. The highest BCUT2D eigenvalue weighted by atomic mass is 16.5. The number of ether oxygens (including phenoxy) is 2. The van der Waals surface area contributed by atoms with E-state index in [9.17, 15) is 74.4 Å². The SMILES string of the molecule is CCCCCOc1ccc(-c2ccc(-c3ccc(C(=O)NC4C[C@@H](O)C(OCCNCCN)NC(=O)C5[C@@H](O)[C@@H](C)CN5C(=O)C([C@@H](C)O)NC(=O)C([C@H](O)[C@@H](O)c5ccc(O)cc5)NC(=O)C5C[C@@H](O)CN5C(=O)C([C@@H](C)O)NC4=O)cc3)cc2)cc1. The Morgan fingerprint density at radius 2 is 1.22 bits per heavy atom. The van der Waals surface area contributed by atoms with Crippen LogP contribution < -0.4 is 42.4 Å². The lowest BCUT2D eigenvalue weighted by atomic mass is 9.96. The molecule has 3 heterocycles. The predicted octanol–water partition coefficient (Wildman–Crippen LogP) is -1.35. The van der Waals surface area contributed by atoms with Gasteiger partial charge in [0.1, 0.15) is 66.1 Å². The molecule has 0 saturated carbocycles. The molecule has 0 radical (unpaired) electrons. The molecule has 0 aromatic heterocycles. The van der Waals surface area contributed by atoms with Gasteiger partial charge < -0.3 is 97.8 Å². The smallest absolute Gasteiger partial charge is 0.251 e. The highest BCUT2D eigenvalue weighted by Gasteiger charge is 2.50. The maximum Gasteiger partial charge on any atom is 0.251 e. The standard InChI is InChI=1S/C62H83N9O17/c1-5-6-7-27-87-44-22-18-39(19-23-44)37-10-8-36(9-11-37)38-12-14-41(15-13-38)55(80)65-45-30-47(76)60(88-28-26-64-25-24-63)69-59(84)51-52(77)33(2)31-71(51)62(86)49(35(4)73)67-58(83)50(54(79)53(78)40-16-20-42(74)21-17-40)68-57(82)46-29-43(75)32-70(46)61(85)48(34(3)72)66-56(45)81/h8-23,33-35,43,45-54,60,64,72-79H,5-7,24-32,63H2,1-4H3,(H,65,80)(H,66,81)(H,67,83)(H,68,82)(H,69,84)/t33-,34+,35+,43+,45?,46?,47+,48?,49?,50?,51?,52-,53-,54-,60?/m0/s1. The van der Waals surface area contributed by atoms with Gasteiger partial charge in [0, 0.05) is 57.0 Å². The molecule has 26 heteroatoms. The van der Waals surface area contributed by atoms with Crippen LogP contribution in [0.5, 0.6) is 11.5 Å². The number of benzene rings is 4. The van der Waals surface area contributed by atoms with Gasteiger partial charge in [-0.3, -0.25) is 33.6 Å². The highest BCUT2D eigenvalue weighted by molar-refractivity contribution is 6.00. The lowest BCUT2D eigenvalue weighted by Gasteiger charge is -2.34. The summed E-state index contributed by atoms with van der Waals surface area (Å²) in [7, 11) is 0. The summed E-state index contributed by atoms with van der Waals surface area (Å²) in [4.78, 5) is 104. The summed E-state index contributed by atoms with van der Waals surface area (Å²) >= 11 is 0. The monoisotopic (exact) mass is 1230 g/mol. The minimum Gasteiger partial charge on any atom is -0.508 e. The largest absolute Gasteiger partial charge is 0.508 e. The van der Waals surface area contributed by atoms with Gasteiger partial charge in [-0.15, -0.1) is 0 Å². The van der Waals surface area contributed by atoms with Crippen LogP contribution in [0.15, 0.2) is 97.1 Å². The van der Waals surface area contributed by atoms with Crippen LogP contribution >= 0.6 is 0 Å². The van der Waals surface area contributed by atoms with Crippen molar-refractivity contribution in [2.24, 2.45) is 11.7 Å². The van der Waals surface area contributed by atoms with E-state index >= 15 is 0 Å². The number of hydrogen-bond acceptors (Lipinski definition) is 19. The molecule has 16 N–H and O–H groups in total. The number of fused-ring (bicyclic) bond motifs is 2. The average Bonchev–Trinajstić information content (AvgIpc) is 2.10. The van der Waals surface area contributed by atoms with E-state index in [1.807, 2.05) is 48.5 Å². The van der Waals surface area contributed by atoms with E-state index in [0.29, 0.717) is 13.2 Å².